The number of aliphatic hydroxyl groups excluding tert-OH is 3. The van der Waals surface area contributed by atoms with Crippen LogP contribution in [0.1, 0.15) is 0 Å². The Balaban J connectivity index is 2.18. The quantitative estimate of drug-likeness (QED) is 0.552. The van der Waals surface area contributed by atoms with Crippen molar-refractivity contribution in [2.45, 2.75) is 29.1 Å². The van der Waals surface area contributed by atoms with Gasteiger partial charge >= 0.3 is 0 Å². The SMILES string of the molecule is Nc1ncnc2c1ncn2[C@]1(SC(F)F)O[C@H](CO)[C@@H](O)[C@H]1O. The summed E-state index contributed by atoms with van der Waals surface area (Å²) < 4.78 is 32.6. The van der Waals surface area contributed by atoms with E-state index in [9.17, 15) is 24.1 Å². The van der Waals surface area contributed by atoms with Gasteiger partial charge in [0.1, 0.15) is 36.5 Å². The summed E-state index contributed by atoms with van der Waals surface area (Å²) in [5.74, 6) is -2.91. The van der Waals surface area contributed by atoms with Crippen molar-refractivity contribution in [2.75, 3.05) is 12.3 Å². The van der Waals surface area contributed by atoms with Crippen LogP contribution in [0.25, 0.3) is 11.2 Å². The number of ether oxygens (including phenoxy) is 1. The number of anilines is 1. The summed E-state index contributed by atoms with van der Waals surface area (Å²) in [4.78, 5) is 11.6. The molecule has 0 aliphatic carbocycles. The van der Waals surface area contributed by atoms with Crippen LogP contribution in [0.3, 0.4) is 0 Å². The molecule has 0 saturated carbocycles. The molecule has 3 rings (SSSR count). The number of nitrogens with zero attached hydrogens (tertiary/aromatic N) is 4. The van der Waals surface area contributed by atoms with Gasteiger partial charge in [-0.25, -0.2) is 15.0 Å². The Hall–Kier alpha value is -1.60. The first-order valence-electron chi connectivity index (χ1n) is 6.45. The lowest BCUT2D eigenvalue weighted by Crippen LogP contribution is -2.43. The molecule has 1 aliphatic rings. The number of nitrogens with two attached hydrogens (primary N) is 1. The molecule has 126 valence electrons. The van der Waals surface area contributed by atoms with Crippen LogP contribution in [-0.2, 0) is 9.79 Å². The number of aromatic nitrogens is 4. The third kappa shape index (κ3) is 2.42. The van der Waals surface area contributed by atoms with E-state index in [1.807, 2.05) is 0 Å². The van der Waals surface area contributed by atoms with E-state index in [-0.39, 0.29) is 28.7 Å². The Labute approximate surface area is 132 Å². The minimum Gasteiger partial charge on any atom is -0.394 e. The predicted octanol–water partition coefficient (Wildman–Crippen LogP) is -0.913. The highest BCUT2D eigenvalue weighted by Crippen LogP contribution is 2.48. The number of thioether (sulfide) groups is 1. The van der Waals surface area contributed by atoms with Crippen molar-refractivity contribution in [2.24, 2.45) is 0 Å². The molecular weight excluding hydrogens is 336 g/mol. The van der Waals surface area contributed by atoms with E-state index in [1.54, 1.807) is 0 Å². The largest absolute Gasteiger partial charge is 0.394 e. The number of imidazole rings is 1. The number of rotatable bonds is 4. The van der Waals surface area contributed by atoms with Crippen LogP contribution in [0.15, 0.2) is 12.7 Å². The lowest BCUT2D eigenvalue weighted by atomic mass is 10.1. The first kappa shape index (κ1) is 16.3. The minimum absolute atomic E-state index is 0.0256. The summed E-state index contributed by atoms with van der Waals surface area (Å²) >= 11 is -0.0360. The lowest BCUT2D eigenvalue weighted by molar-refractivity contribution is -0.0794. The molecule has 9 nitrogen and oxygen atoms in total. The molecule has 1 fully saturated rings. The average molecular weight is 349 g/mol. The number of nitrogen functional groups attached to an aromatic ring is 1. The van der Waals surface area contributed by atoms with E-state index in [1.165, 1.54) is 0 Å². The summed E-state index contributed by atoms with van der Waals surface area (Å²) in [5, 5.41) is 27.3. The van der Waals surface area contributed by atoms with Crippen LogP contribution < -0.4 is 5.73 Å². The van der Waals surface area contributed by atoms with E-state index < -0.39 is 35.7 Å². The van der Waals surface area contributed by atoms with Gasteiger partial charge in [0.25, 0.3) is 5.76 Å². The summed E-state index contributed by atoms with van der Waals surface area (Å²) in [6.45, 7) is -0.659. The summed E-state index contributed by atoms with van der Waals surface area (Å²) in [7, 11) is 0. The highest BCUT2D eigenvalue weighted by atomic mass is 32.2. The van der Waals surface area contributed by atoms with Gasteiger partial charge in [-0.3, -0.25) is 4.57 Å². The van der Waals surface area contributed by atoms with Gasteiger partial charge in [0.15, 0.2) is 11.5 Å². The highest BCUT2D eigenvalue weighted by molar-refractivity contribution is 8.00. The fraction of sp³-hybridized carbons (Fsp3) is 0.545. The molecule has 4 atom stereocenters. The fourth-order valence-electron chi connectivity index (χ4n) is 2.48. The normalized spacial score (nSPS) is 31.3. The van der Waals surface area contributed by atoms with Crippen LogP contribution in [0.4, 0.5) is 14.6 Å². The van der Waals surface area contributed by atoms with Crippen LogP contribution in [0, 0.1) is 0 Å². The summed E-state index contributed by atoms with van der Waals surface area (Å²) in [5.41, 5.74) is 5.84. The van der Waals surface area contributed by atoms with Crippen LogP contribution in [0.2, 0.25) is 0 Å². The van der Waals surface area contributed by atoms with Gasteiger partial charge in [0.2, 0.25) is 5.06 Å². The topological polar surface area (TPSA) is 140 Å². The molecule has 23 heavy (non-hydrogen) atoms. The molecule has 0 spiro atoms. The van der Waals surface area contributed by atoms with Crippen LogP contribution >= 0.6 is 11.8 Å². The zero-order valence-corrected chi connectivity index (χ0v) is 12.3. The summed E-state index contributed by atoms with van der Waals surface area (Å²) in [6.07, 6.45) is -2.35. The van der Waals surface area contributed by atoms with Gasteiger partial charge < -0.3 is 25.8 Å². The molecule has 12 heteroatoms. The Morgan fingerprint density at radius 1 is 1.39 bits per heavy atom. The molecule has 0 bridgehead atoms. The number of hydrogen-bond donors (Lipinski definition) is 4. The molecule has 2 aromatic rings. The third-order valence-corrected chi connectivity index (χ3v) is 4.58. The molecule has 0 radical (unpaired) electrons. The monoisotopic (exact) mass is 349 g/mol. The van der Waals surface area contributed by atoms with Crippen LogP contribution in [-0.4, -0.2) is 65.5 Å². The third-order valence-electron chi connectivity index (χ3n) is 3.53. The number of fused-ring (bicyclic) bond motifs is 1. The highest BCUT2D eigenvalue weighted by Gasteiger charge is 2.58. The summed E-state index contributed by atoms with van der Waals surface area (Å²) in [6, 6.07) is 0. The van der Waals surface area contributed by atoms with E-state index in [4.69, 9.17) is 10.5 Å². The Kier molecular flexibility index (Phi) is 4.10. The molecule has 5 N–H and O–H groups in total. The van der Waals surface area contributed by atoms with Crippen molar-refractivity contribution >= 4 is 28.7 Å². The molecule has 2 aromatic heterocycles. The van der Waals surface area contributed by atoms with E-state index in [0.717, 1.165) is 17.2 Å². The molecule has 0 amide bonds. The second kappa shape index (κ2) is 5.79. The lowest BCUT2D eigenvalue weighted by Gasteiger charge is -2.32. The van der Waals surface area contributed by atoms with E-state index in [0.29, 0.717) is 0 Å². The predicted molar refractivity (Wildman–Crippen MR) is 75.3 cm³/mol. The maximum atomic E-state index is 13.1. The second-order valence-electron chi connectivity index (χ2n) is 4.83. The van der Waals surface area contributed by atoms with Gasteiger partial charge in [0, 0.05) is 0 Å². The van der Waals surface area contributed by atoms with Gasteiger partial charge in [0.05, 0.1) is 6.61 Å². The maximum absolute atomic E-state index is 13.1. The Bertz CT molecular complexity index is 719. The molecule has 0 aromatic carbocycles. The van der Waals surface area contributed by atoms with Crippen molar-refractivity contribution in [3.05, 3.63) is 12.7 Å². The van der Waals surface area contributed by atoms with E-state index >= 15 is 0 Å². The van der Waals surface area contributed by atoms with E-state index in [2.05, 4.69) is 15.0 Å². The molecule has 1 aliphatic heterocycles. The number of alkyl halides is 2. The zero-order chi connectivity index (χ0) is 16.8. The fourth-order valence-corrected chi connectivity index (χ4v) is 3.44. The molecule has 0 unspecified atom stereocenters. The van der Waals surface area contributed by atoms with Gasteiger partial charge in [-0.15, -0.1) is 0 Å². The van der Waals surface area contributed by atoms with Crippen LogP contribution in [0.5, 0.6) is 0 Å². The van der Waals surface area contributed by atoms with Gasteiger partial charge in [-0.05, 0) is 11.8 Å². The van der Waals surface area contributed by atoms with Crippen molar-refractivity contribution in [1.29, 1.82) is 0 Å². The molecule has 3 heterocycles. The Morgan fingerprint density at radius 2 is 2.13 bits per heavy atom. The first-order valence-corrected chi connectivity index (χ1v) is 7.33. The number of aliphatic hydroxyl groups is 3. The number of hydrogen-bond acceptors (Lipinski definition) is 9. The van der Waals surface area contributed by atoms with Gasteiger partial charge in [-0.2, -0.15) is 8.78 Å². The Morgan fingerprint density at radius 3 is 2.74 bits per heavy atom. The standard InChI is InChI=1S/C11H13F2N5O4S/c12-10(13)23-11(7(21)6(20)4(1-19)22-11)18-3-17-5-8(14)15-2-16-9(5)18/h2-4,6-7,10,19-21H,1H2,(H2,14,15,16)/t4-,6-,7-,11+/m1/s1. The second-order valence-corrected chi connectivity index (χ2v) is 6.01. The minimum atomic E-state index is -2.94. The molecular formula is C11H13F2N5O4S. The van der Waals surface area contributed by atoms with Crippen molar-refractivity contribution < 1.29 is 28.8 Å². The first-order chi connectivity index (χ1) is 10.9. The van der Waals surface area contributed by atoms with Crippen molar-refractivity contribution in [3.63, 3.8) is 0 Å². The van der Waals surface area contributed by atoms with Crippen molar-refractivity contribution in [3.8, 4) is 0 Å². The smallest absolute Gasteiger partial charge is 0.288 e. The number of halogens is 2. The zero-order valence-electron chi connectivity index (χ0n) is 11.5. The average Bonchev–Trinajstić information content (AvgIpc) is 3.04. The van der Waals surface area contributed by atoms with Gasteiger partial charge in [-0.1, -0.05) is 0 Å². The molecule has 1 saturated heterocycles. The maximum Gasteiger partial charge on any atom is 0.288 e. The van der Waals surface area contributed by atoms with Crippen molar-refractivity contribution in [1.82, 2.24) is 19.5 Å².